The summed E-state index contributed by atoms with van der Waals surface area (Å²) in [6, 6.07) is 8.31. The predicted octanol–water partition coefficient (Wildman–Crippen LogP) is 4.40. The van der Waals surface area contributed by atoms with Gasteiger partial charge in [-0.05, 0) is 30.5 Å². The maximum atomic E-state index is 12.5. The molecule has 0 N–H and O–H groups in total. The molecule has 1 rings (SSSR count). The van der Waals surface area contributed by atoms with Crippen molar-refractivity contribution >= 4 is 37.8 Å². The molecule has 106 valence electrons. The Bertz CT molecular complexity index is 405. The van der Waals surface area contributed by atoms with Crippen LogP contribution < -0.4 is 0 Å². The van der Waals surface area contributed by atoms with E-state index in [1.807, 2.05) is 29.2 Å². The highest BCUT2D eigenvalue weighted by Gasteiger charge is 2.20. The van der Waals surface area contributed by atoms with Crippen LogP contribution in [0.4, 0.5) is 0 Å². The molecule has 0 spiro atoms. The van der Waals surface area contributed by atoms with E-state index in [4.69, 9.17) is 0 Å². The third-order valence-corrected chi connectivity index (χ3v) is 4.12. The molecule has 0 saturated carbocycles. The zero-order chi connectivity index (χ0) is 14.3. The van der Waals surface area contributed by atoms with Gasteiger partial charge in [-0.2, -0.15) is 0 Å². The Hall–Kier alpha value is -0.350. The standard InChI is InChI=1S/C15H21Br2NO/c1-3-14(4-2)18(9-8-16)15(19)11-12-6-5-7-13(17)10-12/h5-7,10,14H,3-4,8-9,11H2,1-2H3. The molecule has 0 aliphatic rings. The van der Waals surface area contributed by atoms with Crippen molar-refractivity contribution in [3.63, 3.8) is 0 Å². The Kier molecular flexibility index (Phi) is 7.69. The predicted molar refractivity (Wildman–Crippen MR) is 87.7 cm³/mol. The van der Waals surface area contributed by atoms with Crippen molar-refractivity contribution < 1.29 is 4.79 Å². The highest BCUT2D eigenvalue weighted by Crippen LogP contribution is 2.15. The van der Waals surface area contributed by atoms with Crippen LogP contribution in [0, 0.1) is 0 Å². The minimum absolute atomic E-state index is 0.214. The van der Waals surface area contributed by atoms with Crippen molar-refractivity contribution in [2.24, 2.45) is 0 Å². The zero-order valence-electron chi connectivity index (χ0n) is 11.5. The summed E-state index contributed by atoms with van der Waals surface area (Å²) in [4.78, 5) is 14.5. The van der Waals surface area contributed by atoms with Gasteiger partial charge in [0.2, 0.25) is 5.91 Å². The average molecular weight is 391 g/mol. The number of hydrogen-bond acceptors (Lipinski definition) is 1. The molecule has 4 heteroatoms. The summed E-state index contributed by atoms with van der Waals surface area (Å²) < 4.78 is 1.02. The summed E-state index contributed by atoms with van der Waals surface area (Å²) in [5.41, 5.74) is 1.06. The topological polar surface area (TPSA) is 20.3 Å². The molecule has 1 aromatic rings. The summed E-state index contributed by atoms with van der Waals surface area (Å²) in [6.45, 7) is 5.06. The molecule has 2 nitrogen and oxygen atoms in total. The van der Waals surface area contributed by atoms with Crippen molar-refractivity contribution in [1.82, 2.24) is 4.90 Å². The van der Waals surface area contributed by atoms with Gasteiger partial charge in [-0.1, -0.05) is 57.8 Å². The Balaban J connectivity index is 2.76. The molecule has 0 aliphatic heterocycles. The van der Waals surface area contributed by atoms with Crippen LogP contribution in [-0.4, -0.2) is 28.7 Å². The summed E-state index contributed by atoms with van der Waals surface area (Å²) in [6.07, 6.45) is 2.49. The van der Waals surface area contributed by atoms with Gasteiger partial charge in [0.15, 0.2) is 0 Å². The second-order valence-corrected chi connectivity index (χ2v) is 6.26. The smallest absolute Gasteiger partial charge is 0.227 e. The molecule has 0 fully saturated rings. The SMILES string of the molecule is CCC(CC)N(CCBr)C(=O)Cc1cccc(Br)c1. The minimum Gasteiger partial charge on any atom is -0.339 e. The first kappa shape index (κ1) is 16.7. The molecule has 0 bridgehead atoms. The van der Waals surface area contributed by atoms with Crippen LogP contribution in [0.2, 0.25) is 0 Å². The second-order valence-electron chi connectivity index (χ2n) is 4.55. The van der Waals surface area contributed by atoms with Crippen LogP contribution in [0.15, 0.2) is 28.7 Å². The van der Waals surface area contributed by atoms with Crippen molar-refractivity contribution in [3.8, 4) is 0 Å². The first-order valence-electron chi connectivity index (χ1n) is 6.72. The summed E-state index contributed by atoms with van der Waals surface area (Å²) >= 11 is 6.88. The molecular weight excluding hydrogens is 370 g/mol. The van der Waals surface area contributed by atoms with Crippen LogP contribution in [0.1, 0.15) is 32.3 Å². The molecule has 1 amide bonds. The molecule has 0 saturated heterocycles. The van der Waals surface area contributed by atoms with Gasteiger partial charge in [-0.25, -0.2) is 0 Å². The van der Waals surface area contributed by atoms with Gasteiger partial charge in [0.25, 0.3) is 0 Å². The molecular formula is C15H21Br2NO. The van der Waals surface area contributed by atoms with E-state index in [0.29, 0.717) is 12.5 Å². The number of nitrogens with zero attached hydrogens (tertiary/aromatic N) is 1. The van der Waals surface area contributed by atoms with Crippen molar-refractivity contribution in [3.05, 3.63) is 34.3 Å². The van der Waals surface area contributed by atoms with Crippen molar-refractivity contribution in [1.29, 1.82) is 0 Å². The lowest BCUT2D eigenvalue weighted by atomic mass is 10.1. The van der Waals surface area contributed by atoms with Gasteiger partial charge in [0, 0.05) is 22.4 Å². The lowest BCUT2D eigenvalue weighted by Crippen LogP contribution is -2.41. The monoisotopic (exact) mass is 389 g/mol. The number of halogens is 2. The third-order valence-electron chi connectivity index (χ3n) is 3.27. The van der Waals surface area contributed by atoms with Crippen LogP contribution in [0.5, 0.6) is 0 Å². The largest absolute Gasteiger partial charge is 0.339 e. The minimum atomic E-state index is 0.214. The number of alkyl halides is 1. The maximum absolute atomic E-state index is 12.5. The lowest BCUT2D eigenvalue weighted by Gasteiger charge is -2.30. The van der Waals surface area contributed by atoms with Crippen LogP contribution in [-0.2, 0) is 11.2 Å². The van der Waals surface area contributed by atoms with Gasteiger partial charge in [-0.15, -0.1) is 0 Å². The highest BCUT2D eigenvalue weighted by molar-refractivity contribution is 9.10. The fourth-order valence-electron chi connectivity index (χ4n) is 2.25. The number of amides is 1. The van der Waals surface area contributed by atoms with E-state index in [0.717, 1.165) is 34.8 Å². The fourth-order valence-corrected chi connectivity index (χ4v) is 3.08. The van der Waals surface area contributed by atoms with Gasteiger partial charge in [0.1, 0.15) is 0 Å². The van der Waals surface area contributed by atoms with Crippen molar-refractivity contribution in [2.75, 3.05) is 11.9 Å². The van der Waals surface area contributed by atoms with E-state index in [1.54, 1.807) is 0 Å². The van der Waals surface area contributed by atoms with Gasteiger partial charge < -0.3 is 4.90 Å². The molecule has 0 aliphatic carbocycles. The van der Waals surface area contributed by atoms with Crippen LogP contribution >= 0.6 is 31.9 Å². The number of benzene rings is 1. The van der Waals surface area contributed by atoms with Gasteiger partial charge in [0.05, 0.1) is 6.42 Å². The normalized spacial score (nSPS) is 10.8. The fraction of sp³-hybridized carbons (Fsp3) is 0.533. The summed E-state index contributed by atoms with van der Waals surface area (Å²) in [7, 11) is 0. The number of rotatable bonds is 7. The number of carbonyl (C=O) groups is 1. The summed E-state index contributed by atoms with van der Waals surface area (Å²) in [5, 5.41) is 0.827. The van der Waals surface area contributed by atoms with E-state index in [1.165, 1.54) is 0 Å². The molecule has 0 aromatic heterocycles. The molecule has 1 aromatic carbocycles. The van der Waals surface area contributed by atoms with Gasteiger partial charge >= 0.3 is 0 Å². The zero-order valence-corrected chi connectivity index (χ0v) is 14.7. The van der Waals surface area contributed by atoms with E-state index in [-0.39, 0.29) is 5.91 Å². The second kappa shape index (κ2) is 8.75. The van der Waals surface area contributed by atoms with Crippen molar-refractivity contribution in [2.45, 2.75) is 39.2 Å². The number of hydrogen-bond donors (Lipinski definition) is 0. The quantitative estimate of drug-likeness (QED) is 0.631. The lowest BCUT2D eigenvalue weighted by molar-refractivity contribution is -0.132. The van der Waals surface area contributed by atoms with Crippen LogP contribution in [0.3, 0.4) is 0 Å². The Morgan fingerprint density at radius 2 is 2.00 bits per heavy atom. The van der Waals surface area contributed by atoms with Crippen LogP contribution in [0.25, 0.3) is 0 Å². The van der Waals surface area contributed by atoms with Gasteiger partial charge in [-0.3, -0.25) is 4.79 Å². The number of carbonyl (C=O) groups excluding carboxylic acids is 1. The Morgan fingerprint density at radius 1 is 1.32 bits per heavy atom. The summed E-state index contributed by atoms with van der Waals surface area (Å²) in [5.74, 6) is 0.214. The van der Waals surface area contributed by atoms with E-state index in [2.05, 4.69) is 45.7 Å². The maximum Gasteiger partial charge on any atom is 0.227 e. The Labute approximate surface area is 132 Å². The van der Waals surface area contributed by atoms with E-state index in [9.17, 15) is 4.79 Å². The first-order chi connectivity index (χ1) is 9.12. The molecule has 0 atom stereocenters. The molecule has 0 unspecified atom stereocenters. The Morgan fingerprint density at radius 3 is 2.53 bits per heavy atom. The third kappa shape index (κ3) is 5.27. The van der Waals surface area contributed by atoms with E-state index < -0.39 is 0 Å². The van der Waals surface area contributed by atoms with E-state index >= 15 is 0 Å². The molecule has 0 heterocycles. The average Bonchev–Trinajstić information content (AvgIpc) is 2.39. The molecule has 0 radical (unpaired) electrons. The first-order valence-corrected chi connectivity index (χ1v) is 8.63. The molecule has 19 heavy (non-hydrogen) atoms. The highest BCUT2D eigenvalue weighted by atomic mass is 79.9.